The summed E-state index contributed by atoms with van der Waals surface area (Å²) in [7, 11) is 0. The van der Waals surface area contributed by atoms with Gasteiger partial charge in [-0.2, -0.15) is 0 Å². The molecule has 0 saturated carbocycles. The summed E-state index contributed by atoms with van der Waals surface area (Å²) in [5.74, 6) is 1.18. The van der Waals surface area contributed by atoms with Crippen molar-refractivity contribution in [2.75, 3.05) is 42.3 Å². The van der Waals surface area contributed by atoms with E-state index >= 15 is 0 Å². The number of thiophene rings is 1. The monoisotopic (exact) mass is 266 g/mol. The molecule has 1 saturated heterocycles. The van der Waals surface area contributed by atoms with Crippen LogP contribution >= 0.6 is 11.3 Å². The van der Waals surface area contributed by atoms with Crippen LogP contribution in [0.2, 0.25) is 0 Å². The summed E-state index contributed by atoms with van der Waals surface area (Å²) in [6.45, 7) is 2.88. The Hall–Kier alpha value is -1.40. The lowest BCUT2D eigenvalue weighted by molar-refractivity contribution is 0.307. The van der Waals surface area contributed by atoms with Crippen LogP contribution in [-0.2, 0) is 0 Å². The molecule has 0 atom stereocenters. The first-order valence-corrected chi connectivity index (χ1v) is 7.11. The lowest BCUT2D eigenvalue weighted by Gasteiger charge is -2.21. The van der Waals surface area contributed by atoms with E-state index < -0.39 is 0 Å². The van der Waals surface area contributed by atoms with Crippen LogP contribution in [0.4, 0.5) is 10.8 Å². The zero-order valence-electron chi connectivity index (χ0n) is 10.2. The first-order chi connectivity index (χ1) is 8.79. The molecule has 1 aliphatic rings. The number of aliphatic hydroxyl groups excluding tert-OH is 1. The molecule has 3 heterocycles. The second kappa shape index (κ2) is 4.70. The Balaban J connectivity index is 2.02. The highest BCUT2D eigenvalue weighted by Crippen LogP contribution is 2.34. The first-order valence-electron chi connectivity index (χ1n) is 6.30. The van der Waals surface area contributed by atoms with Crippen molar-refractivity contribution in [3.8, 4) is 0 Å². The van der Waals surface area contributed by atoms with E-state index in [0.717, 1.165) is 23.6 Å². The van der Waals surface area contributed by atoms with E-state index in [-0.39, 0.29) is 6.61 Å². The molecule has 5 nitrogen and oxygen atoms in total. The molecule has 0 spiro atoms. The fraction of sp³-hybridized carbons (Fsp3) is 0.500. The minimum absolute atomic E-state index is 0.124. The van der Waals surface area contributed by atoms with Gasteiger partial charge in [-0.3, -0.25) is 0 Å². The fourth-order valence-corrected chi connectivity index (χ4v) is 3.35. The van der Waals surface area contributed by atoms with E-state index in [4.69, 9.17) is 10.8 Å². The molecule has 4 N–H and O–H groups in total. The number of nitrogens with two attached hydrogens (primary N) is 1. The van der Waals surface area contributed by atoms with E-state index in [9.17, 15) is 0 Å². The Morgan fingerprint density at radius 3 is 2.83 bits per heavy atom. The van der Waals surface area contributed by atoms with Crippen molar-refractivity contribution in [1.29, 1.82) is 0 Å². The third kappa shape index (κ3) is 1.91. The van der Waals surface area contributed by atoms with Crippen molar-refractivity contribution in [2.45, 2.75) is 12.8 Å². The van der Waals surface area contributed by atoms with Crippen molar-refractivity contribution in [1.82, 2.24) is 4.68 Å². The van der Waals surface area contributed by atoms with E-state index in [1.54, 1.807) is 11.3 Å². The molecule has 0 aliphatic carbocycles. The van der Waals surface area contributed by atoms with Crippen LogP contribution in [0.5, 0.6) is 0 Å². The number of aromatic nitrogens is 1. The maximum Gasteiger partial charge on any atom is 0.129 e. The molecule has 0 bridgehead atoms. The summed E-state index contributed by atoms with van der Waals surface area (Å²) in [5.41, 5.74) is 10.2. The van der Waals surface area contributed by atoms with Gasteiger partial charge in [-0.25, -0.2) is 4.68 Å². The summed E-state index contributed by atoms with van der Waals surface area (Å²) < 4.78 is 3.25. The van der Waals surface area contributed by atoms with Gasteiger partial charge in [-0.1, -0.05) is 0 Å². The Morgan fingerprint density at radius 2 is 2.11 bits per heavy atom. The quantitative estimate of drug-likeness (QED) is 0.783. The second-order valence-electron chi connectivity index (χ2n) is 4.56. The van der Waals surface area contributed by atoms with Crippen LogP contribution in [0.15, 0.2) is 12.1 Å². The number of aliphatic hydroxyl groups is 1. The highest BCUT2D eigenvalue weighted by atomic mass is 32.1. The Morgan fingerprint density at radius 1 is 1.33 bits per heavy atom. The minimum atomic E-state index is 0.124. The SMILES string of the molecule is Nc1cc2c(cc(N3CCCC3)n2NCCO)s1. The Bertz CT molecular complexity index is 542. The van der Waals surface area contributed by atoms with Crippen LogP contribution in [-0.4, -0.2) is 36.0 Å². The molecule has 0 unspecified atom stereocenters. The summed E-state index contributed by atoms with van der Waals surface area (Å²) in [5, 5.41) is 9.81. The third-order valence-electron chi connectivity index (χ3n) is 3.30. The lowest BCUT2D eigenvalue weighted by Crippen LogP contribution is -2.26. The minimum Gasteiger partial charge on any atom is -0.394 e. The Labute approximate surface area is 110 Å². The average molecular weight is 266 g/mol. The predicted octanol–water partition coefficient (Wildman–Crippen LogP) is 1.42. The molecule has 1 aliphatic heterocycles. The van der Waals surface area contributed by atoms with Gasteiger partial charge in [0.25, 0.3) is 0 Å². The number of nitrogen functional groups attached to an aromatic ring is 1. The van der Waals surface area contributed by atoms with Crippen LogP contribution in [0.25, 0.3) is 10.2 Å². The van der Waals surface area contributed by atoms with E-state index in [1.807, 2.05) is 6.07 Å². The van der Waals surface area contributed by atoms with Gasteiger partial charge in [0.2, 0.25) is 0 Å². The molecule has 0 amide bonds. The van der Waals surface area contributed by atoms with Crippen LogP contribution in [0.3, 0.4) is 0 Å². The van der Waals surface area contributed by atoms with Crippen molar-refractivity contribution < 1.29 is 5.11 Å². The molecule has 18 heavy (non-hydrogen) atoms. The van der Waals surface area contributed by atoms with E-state index in [2.05, 4.69) is 21.1 Å². The van der Waals surface area contributed by atoms with Crippen LogP contribution in [0, 0.1) is 0 Å². The maximum absolute atomic E-state index is 8.99. The number of rotatable bonds is 4. The zero-order chi connectivity index (χ0) is 12.5. The summed E-state index contributed by atoms with van der Waals surface area (Å²) >= 11 is 1.61. The number of nitrogens with zero attached hydrogens (tertiary/aromatic N) is 2. The van der Waals surface area contributed by atoms with Gasteiger partial charge in [0.1, 0.15) is 5.82 Å². The molecular formula is C12H18N4OS. The molecule has 98 valence electrons. The summed E-state index contributed by atoms with van der Waals surface area (Å²) in [6.07, 6.45) is 2.50. The highest BCUT2D eigenvalue weighted by Gasteiger charge is 2.19. The molecule has 2 aromatic rings. The topological polar surface area (TPSA) is 66.5 Å². The molecule has 1 fully saturated rings. The standard InChI is InChI=1S/C12H18N4OS/c13-11-7-9-10(18-11)8-12(15-4-1-2-5-15)16(9)14-3-6-17/h7-8,14,17H,1-6,13H2. The zero-order valence-corrected chi connectivity index (χ0v) is 11.0. The van der Waals surface area contributed by atoms with Gasteiger partial charge in [0.15, 0.2) is 0 Å². The largest absolute Gasteiger partial charge is 0.394 e. The number of hydrogen-bond acceptors (Lipinski definition) is 5. The second-order valence-corrected chi connectivity index (χ2v) is 5.68. The molecule has 2 aromatic heterocycles. The number of fused-ring (bicyclic) bond motifs is 1. The number of anilines is 2. The summed E-state index contributed by atoms with van der Waals surface area (Å²) in [6, 6.07) is 4.18. The predicted molar refractivity (Wildman–Crippen MR) is 77.0 cm³/mol. The van der Waals surface area contributed by atoms with Crippen LogP contribution in [0.1, 0.15) is 12.8 Å². The van der Waals surface area contributed by atoms with Gasteiger partial charge < -0.3 is 21.2 Å². The molecule has 0 aromatic carbocycles. The van der Waals surface area contributed by atoms with Gasteiger partial charge >= 0.3 is 0 Å². The van der Waals surface area contributed by atoms with Gasteiger partial charge in [0, 0.05) is 19.2 Å². The smallest absolute Gasteiger partial charge is 0.129 e. The Kier molecular flexibility index (Phi) is 3.05. The van der Waals surface area contributed by atoms with Crippen molar-refractivity contribution in [3.63, 3.8) is 0 Å². The average Bonchev–Trinajstić information content (AvgIpc) is 3.01. The maximum atomic E-state index is 8.99. The van der Waals surface area contributed by atoms with E-state index in [1.165, 1.54) is 23.4 Å². The van der Waals surface area contributed by atoms with Gasteiger partial charge in [-0.05, 0) is 18.9 Å². The third-order valence-corrected chi connectivity index (χ3v) is 4.20. The van der Waals surface area contributed by atoms with Crippen molar-refractivity contribution in [2.24, 2.45) is 0 Å². The molecule has 0 radical (unpaired) electrons. The molecule has 6 heteroatoms. The highest BCUT2D eigenvalue weighted by molar-refractivity contribution is 7.22. The van der Waals surface area contributed by atoms with Crippen molar-refractivity contribution in [3.05, 3.63) is 12.1 Å². The number of nitrogens with one attached hydrogen (secondary N) is 1. The number of hydrogen-bond donors (Lipinski definition) is 3. The fourth-order valence-electron chi connectivity index (χ4n) is 2.50. The van der Waals surface area contributed by atoms with Gasteiger partial charge in [0.05, 0.1) is 28.4 Å². The lowest BCUT2D eigenvalue weighted by atomic mass is 10.4. The normalized spacial score (nSPS) is 15.7. The molecule has 3 rings (SSSR count). The van der Waals surface area contributed by atoms with Gasteiger partial charge in [-0.15, -0.1) is 11.3 Å². The van der Waals surface area contributed by atoms with E-state index in [0.29, 0.717) is 6.54 Å². The summed E-state index contributed by atoms with van der Waals surface area (Å²) in [4.78, 5) is 2.38. The first kappa shape index (κ1) is 11.7. The molecular weight excluding hydrogens is 248 g/mol. The van der Waals surface area contributed by atoms with Crippen LogP contribution < -0.4 is 16.1 Å². The van der Waals surface area contributed by atoms with Crippen molar-refractivity contribution >= 4 is 32.4 Å².